The monoisotopic (exact) mass is 270 g/mol. The van der Waals surface area contributed by atoms with E-state index < -0.39 is 0 Å². The lowest BCUT2D eigenvalue weighted by Crippen LogP contribution is -2.05. The lowest BCUT2D eigenvalue weighted by molar-refractivity contribution is 0.297. The Balaban J connectivity index is 2.13. The smallest absolute Gasteiger partial charge is 0.130 e. The molecule has 1 aromatic carbocycles. The zero-order valence-electron chi connectivity index (χ0n) is 12.4. The van der Waals surface area contributed by atoms with Gasteiger partial charge in [-0.2, -0.15) is 0 Å². The van der Waals surface area contributed by atoms with Crippen molar-refractivity contribution in [3.8, 4) is 5.75 Å². The van der Waals surface area contributed by atoms with E-state index in [1.165, 1.54) is 5.56 Å². The summed E-state index contributed by atoms with van der Waals surface area (Å²) in [5, 5.41) is 0. The fourth-order valence-corrected chi connectivity index (χ4v) is 2.40. The fraction of sp³-hybridized carbons (Fsp3) is 0.353. The molecule has 0 amide bonds. The molecule has 1 heterocycles. The maximum atomic E-state index is 5.95. The summed E-state index contributed by atoms with van der Waals surface area (Å²) in [6.45, 7) is 7.31. The average molecular weight is 270 g/mol. The molecule has 0 aliphatic rings. The first-order valence-electron chi connectivity index (χ1n) is 6.95. The Morgan fingerprint density at radius 2 is 1.80 bits per heavy atom. The summed E-state index contributed by atoms with van der Waals surface area (Å²) in [5.74, 6) is 0.953. The molecule has 1 aromatic heterocycles. The van der Waals surface area contributed by atoms with Crippen LogP contribution in [0.4, 0.5) is 0 Å². The van der Waals surface area contributed by atoms with Gasteiger partial charge in [0.2, 0.25) is 0 Å². The first-order chi connectivity index (χ1) is 9.60. The molecule has 0 saturated carbocycles. The van der Waals surface area contributed by atoms with Crippen LogP contribution in [0.15, 0.2) is 30.3 Å². The van der Waals surface area contributed by atoms with Crippen molar-refractivity contribution in [1.82, 2.24) is 4.98 Å². The minimum atomic E-state index is 0.500. The van der Waals surface area contributed by atoms with Gasteiger partial charge in [0.1, 0.15) is 12.4 Å². The molecule has 0 fully saturated rings. The lowest BCUT2D eigenvalue weighted by Gasteiger charge is -2.14. The highest BCUT2D eigenvalue weighted by Crippen LogP contribution is 2.25. The van der Waals surface area contributed by atoms with E-state index in [1.54, 1.807) is 0 Å². The predicted molar refractivity (Wildman–Crippen MR) is 82.0 cm³/mol. The summed E-state index contributed by atoms with van der Waals surface area (Å²) < 4.78 is 5.95. The number of benzene rings is 1. The van der Waals surface area contributed by atoms with Gasteiger partial charge in [-0.15, -0.1) is 0 Å². The SMILES string of the molecule is Cc1cccc(COc2c(C)cc(CCN)cc2C)n1. The molecule has 2 rings (SSSR count). The van der Waals surface area contributed by atoms with Gasteiger partial charge in [0.15, 0.2) is 0 Å². The first kappa shape index (κ1) is 14.5. The lowest BCUT2D eigenvalue weighted by atomic mass is 10.0. The number of nitrogens with two attached hydrogens (primary N) is 1. The molecule has 106 valence electrons. The number of aromatic nitrogens is 1. The minimum Gasteiger partial charge on any atom is -0.487 e. The molecule has 2 aromatic rings. The zero-order chi connectivity index (χ0) is 14.5. The molecule has 0 bridgehead atoms. The van der Waals surface area contributed by atoms with Crippen LogP contribution in [0.25, 0.3) is 0 Å². The summed E-state index contributed by atoms with van der Waals surface area (Å²) in [5.41, 5.74) is 11.1. The molecular weight excluding hydrogens is 248 g/mol. The van der Waals surface area contributed by atoms with Crippen molar-refractivity contribution in [2.45, 2.75) is 33.8 Å². The van der Waals surface area contributed by atoms with Crippen molar-refractivity contribution in [3.63, 3.8) is 0 Å². The second-order valence-electron chi connectivity index (χ2n) is 5.16. The van der Waals surface area contributed by atoms with E-state index in [1.807, 2.05) is 25.1 Å². The van der Waals surface area contributed by atoms with Crippen LogP contribution in [0, 0.1) is 20.8 Å². The van der Waals surface area contributed by atoms with Crippen LogP contribution in [0.3, 0.4) is 0 Å². The van der Waals surface area contributed by atoms with E-state index in [9.17, 15) is 0 Å². The van der Waals surface area contributed by atoms with Crippen LogP contribution in [-0.4, -0.2) is 11.5 Å². The number of nitrogens with zero attached hydrogens (tertiary/aromatic N) is 1. The predicted octanol–water partition coefficient (Wildman–Crippen LogP) is 3.09. The van der Waals surface area contributed by atoms with Crippen LogP contribution >= 0.6 is 0 Å². The molecule has 0 aliphatic carbocycles. The number of rotatable bonds is 5. The highest BCUT2D eigenvalue weighted by molar-refractivity contribution is 5.43. The van der Waals surface area contributed by atoms with Gasteiger partial charge in [0.25, 0.3) is 0 Å². The van der Waals surface area contributed by atoms with Crippen molar-refractivity contribution in [2.24, 2.45) is 5.73 Å². The van der Waals surface area contributed by atoms with Gasteiger partial charge < -0.3 is 10.5 Å². The number of hydrogen-bond acceptors (Lipinski definition) is 3. The summed E-state index contributed by atoms with van der Waals surface area (Å²) in [7, 11) is 0. The zero-order valence-corrected chi connectivity index (χ0v) is 12.4. The van der Waals surface area contributed by atoms with Gasteiger partial charge in [-0.1, -0.05) is 18.2 Å². The van der Waals surface area contributed by atoms with E-state index in [0.717, 1.165) is 34.7 Å². The normalized spacial score (nSPS) is 10.6. The van der Waals surface area contributed by atoms with Crippen molar-refractivity contribution >= 4 is 0 Å². The molecular formula is C17H22N2O. The Hall–Kier alpha value is -1.87. The van der Waals surface area contributed by atoms with Crippen molar-refractivity contribution in [2.75, 3.05) is 6.54 Å². The second kappa shape index (κ2) is 6.53. The third-order valence-electron chi connectivity index (χ3n) is 3.26. The van der Waals surface area contributed by atoms with Crippen molar-refractivity contribution < 1.29 is 4.74 Å². The van der Waals surface area contributed by atoms with Crippen LogP contribution in [0.1, 0.15) is 28.1 Å². The minimum absolute atomic E-state index is 0.500. The summed E-state index contributed by atoms with van der Waals surface area (Å²) in [6.07, 6.45) is 0.904. The molecule has 0 saturated heterocycles. The van der Waals surface area contributed by atoms with E-state index in [0.29, 0.717) is 13.2 Å². The molecule has 0 unspecified atom stereocenters. The van der Waals surface area contributed by atoms with Crippen molar-refractivity contribution in [1.29, 1.82) is 0 Å². The Kier molecular flexibility index (Phi) is 4.74. The second-order valence-corrected chi connectivity index (χ2v) is 5.16. The molecule has 3 nitrogen and oxygen atoms in total. The van der Waals surface area contributed by atoms with Gasteiger partial charge in [0, 0.05) is 5.69 Å². The number of hydrogen-bond donors (Lipinski definition) is 1. The van der Waals surface area contributed by atoms with Gasteiger partial charge in [0.05, 0.1) is 5.69 Å². The van der Waals surface area contributed by atoms with Gasteiger partial charge >= 0.3 is 0 Å². The maximum absolute atomic E-state index is 5.95. The van der Waals surface area contributed by atoms with E-state index >= 15 is 0 Å². The number of aryl methyl sites for hydroxylation is 3. The standard InChI is InChI=1S/C17H22N2O/c1-12-9-15(7-8-18)10-13(2)17(12)20-11-16-6-4-5-14(3)19-16/h4-6,9-10H,7-8,11,18H2,1-3H3. The van der Waals surface area contributed by atoms with Gasteiger partial charge in [-0.05, 0) is 62.6 Å². The molecule has 0 atom stereocenters. The van der Waals surface area contributed by atoms with Crippen LogP contribution in [0.5, 0.6) is 5.75 Å². The summed E-state index contributed by atoms with van der Waals surface area (Å²) >= 11 is 0. The molecule has 0 spiro atoms. The molecule has 0 radical (unpaired) electrons. The average Bonchev–Trinajstić information content (AvgIpc) is 2.38. The van der Waals surface area contributed by atoms with E-state index in [2.05, 4.69) is 31.0 Å². The number of ether oxygens (including phenoxy) is 1. The third kappa shape index (κ3) is 3.58. The Morgan fingerprint density at radius 1 is 1.10 bits per heavy atom. The van der Waals surface area contributed by atoms with E-state index in [-0.39, 0.29) is 0 Å². The summed E-state index contributed by atoms with van der Waals surface area (Å²) in [4.78, 5) is 4.45. The highest BCUT2D eigenvalue weighted by Gasteiger charge is 2.07. The van der Waals surface area contributed by atoms with Crippen LogP contribution in [0.2, 0.25) is 0 Å². The Bertz CT molecular complexity index is 570. The van der Waals surface area contributed by atoms with Crippen molar-refractivity contribution in [3.05, 3.63) is 58.4 Å². The largest absolute Gasteiger partial charge is 0.487 e. The quantitative estimate of drug-likeness (QED) is 0.908. The topological polar surface area (TPSA) is 48.1 Å². The Labute approximate surface area is 120 Å². The molecule has 0 aliphatic heterocycles. The van der Waals surface area contributed by atoms with Crippen LogP contribution < -0.4 is 10.5 Å². The molecule has 2 N–H and O–H groups in total. The molecule has 3 heteroatoms. The third-order valence-corrected chi connectivity index (χ3v) is 3.26. The number of pyridine rings is 1. The highest BCUT2D eigenvalue weighted by atomic mass is 16.5. The van der Waals surface area contributed by atoms with Gasteiger partial charge in [-0.3, -0.25) is 4.98 Å². The summed E-state index contributed by atoms with van der Waals surface area (Å²) in [6, 6.07) is 10.3. The molecule has 20 heavy (non-hydrogen) atoms. The Morgan fingerprint density at radius 3 is 2.40 bits per heavy atom. The van der Waals surface area contributed by atoms with E-state index in [4.69, 9.17) is 10.5 Å². The first-order valence-corrected chi connectivity index (χ1v) is 6.95. The van der Waals surface area contributed by atoms with Gasteiger partial charge in [-0.25, -0.2) is 0 Å². The maximum Gasteiger partial charge on any atom is 0.130 e. The fourth-order valence-electron chi connectivity index (χ4n) is 2.40. The van der Waals surface area contributed by atoms with Crippen LogP contribution in [-0.2, 0) is 13.0 Å².